The van der Waals surface area contributed by atoms with Crippen LogP contribution in [0.4, 0.5) is 3.89 Å². The number of benzene rings is 2. The van der Waals surface area contributed by atoms with Crippen LogP contribution < -0.4 is 10.2 Å². The van der Waals surface area contributed by atoms with E-state index in [1.54, 1.807) is 6.07 Å². The molecule has 5 aromatic rings. The van der Waals surface area contributed by atoms with Gasteiger partial charge < -0.3 is 19.0 Å². The van der Waals surface area contributed by atoms with Gasteiger partial charge in [-0.2, -0.15) is 8.42 Å². The Kier molecular flexibility index (Phi) is 7.01. The fraction of sp³-hybridized carbons (Fsp3) is 0.290. The minimum absolute atomic E-state index is 0.0184. The number of H-pyrrole nitrogens is 1. The zero-order valence-corrected chi connectivity index (χ0v) is 23.3. The van der Waals surface area contributed by atoms with Gasteiger partial charge >= 0.3 is 10.2 Å². The topological polar surface area (TPSA) is 103 Å². The molecule has 0 spiro atoms. The molecule has 6 rings (SSSR count). The first-order valence-corrected chi connectivity index (χ1v) is 14.9. The van der Waals surface area contributed by atoms with Gasteiger partial charge in [-0.25, -0.2) is 0 Å². The smallest absolute Gasteiger partial charge is 0.333 e. The first kappa shape index (κ1) is 27.0. The number of pyridine rings is 2. The average Bonchev–Trinajstić information content (AvgIpc) is 3.36. The molecule has 2 aromatic carbocycles. The number of nitrogens with one attached hydrogen (secondary N) is 1. The predicted molar refractivity (Wildman–Crippen MR) is 157 cm³/mol. The monoisotopic (exact) mass is 573 g/mol. The van der Waals surface area contributed by atoms with Crippen molar-refractivity contribution in [3.8, 4) is 29.2 Å². The van der Waals surface area contributed by atoms with E-state index < -0.39 is 15.1 Å². The SMILES string of the molecule is C#Cc1ccc2c(c1)[nH]c1c2c(=O)c2cc(OCCCC)c(-c3cncc(S(=O)(=O)F)c3)cc2n1C1CCOCC1. The Balaban J connectivity index is 1.71. The summed E-state index contributed by atoms with van der Waals surface area (Å²) in [5.41, 5.74) is 3.47. The maximum Gasteiger partial charge on any atom is 0.333 e. The maximum absolute atomic E-state index is 14.2. The Morgan fingerprint density at radius 3 is 2.71 bits per heavy atom. The second-order valence-electron chi connectivity index (χ2n) is 10.2. The predicted octanol–water partition coefficient (Wildman–Crippen LogP) is 5.87. The third-order valence-corrected chi connectivity index (χ3v) is 8.42. The van der Waals surface area contributed by atoms with E-state index in [0.717, 1.165) is 42.8 Å². The molecule has 0 bridgehead atoms. The fourth-order valence-electron chi connectivity index (χ4n) is 5.58. The Morgan fingerprint density at radius 2 is 1.98 bits per heavy atom. The van der Waals surface area contributed by atoms with E-state index in [4.69, 9.17) is 15.9 Å². The summed E-state index contributed by atoms with van der Waals surface area (Å²) in [7, 11) is -4.98. The number of terminal acetylenes is 1. The average molecular weight is 574 g/mol. The second-order valence-corrected chi connectivity index (χ2v) is 11.6. The summed E-state index contributed by atoms with van der Waals surface area (Å²) in [4.78, 5) is 21.1. The van der Waals surface area contributed by atoms with Gasteiger partial charge in [0, 0.05) is 59.2 Å². The first-order chi connectivity index (χ1) is 19.8. The lowest BCUT2D eigenvalue weighted by Crippen LogP contribution is -2.22. The van der Waals surface area contributed by atoms with E-state index in [0.29, 0.717) is 64.2 Å². The molecule has 3 aromatic heterocycles. The third-order valence-electron chi connectivity index (χ3n) is 7.63. The van der Waals surface area contributed by atoms with E-state index in [1.807, 2.05) is 31.2 Å². The summed E-state index contributed by atoms with van der Waals surface area (Å²) in [6, 6.07) is 10.3. The number of nitrogens with zero attached hydrogens (tertiary/aromatic N) is 2. The number of aromatic amines is 1. The van der Waals surface area contributed by atoms with Crippen molar-refractivity contribution < 1.29 is 21.8 Å². The highest BCUT2D eigenvalue weighted by Crippen LogP contribution is 2.39. The number of halogens is 1. The molecule has 1 aliphatic rings. The molecular formula is C31H28FN3O5S. The molecule has 1 saturated heterocycles. The van der Waals surface area contributed by atoms with Crippen molar-refractivity contribution in [3.05, 3.63) is 64.6 Å². The summed E-state index contributed by atoms with van der Waals surface area (Å²) in [6.45, 7) is 3.58. The summed E-state index contributed by atoms with van der Waals surface area (Å²) in [5.74, 6) is 3.04. The van der Waals surface area contributed by atoms with Crippen LogP contribution in [0.5, 0.6) is 5.75 Å². The van der Waals surface area contributed by atoms with Crippen LogP contribution in [0.3, 0.4) is 0 Å². The Bertz CT molecular complexity index is 2020. The molecule has 0 amide bonds. The van der Waals surface area contributed by atoms with E-state index in [2.05, 4.69) is 20.5 Å². The summed E-state index contributed by atoms with van der Waals surface area (Å²) in [6.07, 6.45) is 11.2. The Morgan fingerprint density at radius 1 is 1.17 bits per heavy atom. The molecule has 1 N–H and O–H groups in total. The van der Waals surface area contributed by atoms with Gasteiger partial charge in [-0.3, -0.25) is 9.78 Å². The van der Waals surface area contributed by atoms with Crippen LogP contribution >= 0.6 is 0 Å². The number of fused-ring (bicyclic) bond motifs is 4. The van der Waals surface area contributed by atoms with Crippen LogP contribution in [0, 0.1) is 12.3 Å². The molecule has 0 aliphatic carbocycles. The van der Waals surface area contributed by atoms with Gasteiger partial charge in [-0.15, -0.1) is 10.3 Å². The Hall–Kier alpha value is -4.20. The molecule has 0 radical (unpaired) electrons. The molecule has 0 unspecified atom stereocenters. The number of aromatic nitrogens is 3. The van der Waals surface area contributed by atoms with Crippen molar-refractivity contribution in [3.63, 3.8) is 0 Å². The highest BCUT2D eigenvalue weighted by atomic mass is 32.3. The van der Waals surface area contributed by atoms with Crippen molar-refractivity contribution in [1.82, 2.24) is 14.5 Å². The molecule has 210 valence electrons. The van der Waals surface area contributed by atoms with Gasteiger partial charge in [0.05, 0.1) is 22.9 Å². The second kappa shape index (κ2) is 10.7. The minimum Gasteiger partial charge on any atom is -0.493 e. The zero-order chi connectivity index (χ0) is 28.7. The molecule has 4 heterocycles. The summed E-state index contributed by atoms with van der Waals surface area (Å²) >= 11 is 0. The largest absolute Gasteiger partial charge is 0.493 e. The van der Waals surface area contributed by atoms with Crippen LogP contribution in [-0.4, -0.2) is 42.8 Å². The number of hydrogen-bond acceptors (Lipinski definition) is 6. The molecule has 10 heteroatoms. The van der Waals surface area contributed by atoms with Crippen molar-refractivity contribution in [2.24, 2.45) is 0 Å². The minimum atomic E-state index is -4.98. The zero-order valence-electron chi connectivity index (χ0n) is 22.4. The molecule has 41 heavy (non-hydrogen) atoms. The van der Waals surface area contributed by atoms with Gasteiger partial charge in [0.2, 0.25) is 0 Å². The highest BCUT2D eigenvalue weighted by molar-refractivity contribution is 7.86. The molecule has 8 nitrogen and oxygen atoms in total. The third kappa shape index (κ3) is 4.85. The maximum atomic E-state index is 14.2. The van der Waals surface area contributed by atoms with E-state index >= 15 is 0 Å². The van der Waals surface area contributed by atoms with Crippen LogP contribution in [0.15, 0.2) is 58.5 Å². The van der Waals surface area contributed by atoms with Crippen LogP contribution in [0.1, 0.15) is 44.2 Å². The van der Waals surface area contributed by atoms with E-state index in [-0.39, 0.29) is 11.5 Å². The Labute approximate surface area is 236 Å². The van der Waals surface area contributed by atoms with Crippen LogP contribution in [-0.2, 0) is 15.0 Å². The van der Waals surface area contributed by atoms with Crippen molar-refractivity contribution >= 4 is 43.1 Å². The lowest BCUT2D eigenvalue weighted by molar-refractivity contribution is 0.0715. The van der Waals surface area contributed by atoms with Crippen molar-refractivity contribution in [2.75, 3.05) is 19.8 Å². The van der Waals surface area contributed by atoms with Gasteiger partial charge in [0.15, 0.2) is 5.43 Å². The molecule has 1 aliphatic heterocycles. The molecular weight excluding hydrogens is 545 g/mol. The lowest BCUT2D eigenvalue weighted by atomic mass is 10.00. The van der Waals surface area contributed by atoms with Crippen LogP contribution in [0.2, 0.25) is 0 Å². The van der Waals surface area contributed by atoms with Gasteiger partial charge in [-0.1, -0.05) is 25.3 Å². The van der Waals surface area contributed by atoms with E-state index in [1.165, 1.54) is 12.3 Å². The van der Waals surface area contributed by atoms with Crippen molar-refractivity contribution in [2.45, 2.75) is 43.5 Å². The van der Waals surface area contributed by atoms with Gasteiger partial charge in [0.1, 0.15) is 16.3 Å². The number of unbranched alkanes of at least 4 members (excludes halogenated alkanes) is 1. The van der Waals surface area contributed by atoms with Gasteiger partial charge in [-0.05, 0) is 49.6 Å². The number of ether oxygens (including phenoxy) is 2. The quantitative estimate of drug-likeness (QED) is 0.148. The number of rotatable bonds is 7. The molecule has 0 atom stereocenters. The highest BCUT2D eigenvalue weighted by Gasteiger charge is 2.25. The lowest BCUT2D eigenvalue weighted by Gasteiger charge is -2.28. The summed E-state index contributed by atoms with van der Waals surface area (Å²) in [5, 5.41) is 1.79. The van der Waals surface area contributed by atoms with Crippen LogP contribution in [0.25, 0.3) is 44.0 Å². The van der Waals surface area contributed by atoms with Gasteiger partial charge in [0.25, 0.3) is 0 Å². The first-order valence-electron chi connectivity index (χ1n) is 13.5. The molecule has 0 saturated carbocycles. The van der Waals surface area contributed by atoms with Crippen molar-refractivity contribution in [1.29, 1.82) is 0 Å². The molecule has 1 fully saturated rings. The van der Waals surface area contributed by atoms with E-state index in [9.17, 15) is 17.1 Å². The normalized spacial score (nSPS) is 14.6. The summed E-state index contributed by atoms with van der Waals surface area (Å²) < 4.78 is 51.2. The number of hydrogen-bond donors (Lipinski definition) is 1. The fourth-order valence-corrected chi connectivity index (χ4v) is 6.04. The standard InChI is InChI=1S/C31H28FN3O5S/c1-3-5-10-40-28-16-25-27(15-24(28)20-14-22(18-33-17-20)41(32,37)38)35(21-8-11-39-12-9-21)31-29(30(25)36)23-7-6-19(4-2)13-26(23)34-31/h2,6-7,13-18,21,34H,3,5,8-12H2,1H3.